The summed E-state index contributed by atoms with van der Waals surface area (Å²) >= 11 is 0. The zero-order valence-electron chi connectivity index (χ0n) is 13.3. The zero-order chi connectivity index (χ0) is 16.4. The summed E-state index contributed by atoms with van der Waals surface area (Å²) in [6.45, 7) is 5.91. The second-order valence-corrected chi connectivity index (χ2v) is 7.65. The van der Waals surface area contributed by atoms with Crippen molar-refractivity contribution in [3.63, 3.8) is 0 Å². The van der Waals surface area contributed by atoms with E-state index < -0.39 is 21.7 Å². The first-order chi connectivity index (χ1) is 9.52. The van der Waals surface area contributed by atoms with Gasteiger partial charge in [0.2, 0.25) is 0 Å². The summed E-state index contributed by atoms with van der Waals surface area (Å²) in [5, 5.41) is 7.19. The van der Waals surface area contributed by atoms with Crippen LogP contribution in [0.15, 0.2) is 4.90 Å². The van der Waals surface area contributed by atoms with E-state index in [2.05, 4.69) is 10.4 Å². The normalized spacial score (nSPS) is 12.9. The molecular weight excluding hydrogens is 296 g/mol. The number of hydrogen-bond donors (Lipinski definition) is 2. The second kappa shape index (κ2) is 6.20. The summed E-state index contributed by atoms with van der Waals surface area (Å²) in [5.74, 6) is 0.308. The Morgan fingerprint density at radius 1 is 1.33 bits per heavy atom. The van der Waals surface area contributed by atoms with Crippen LogP contribution in [-0.2, 0) is 24.8 Å². The van der Waals surface area contributed by atoms with Crippen molar-refractivity contribution in [1.29, 1.82) is 0 Å². The van der Waals surface area contributed by atoms with Crippen molar-refractivity contribution in [1.82, 2.24) is 9.78 Å². The van der Waals surface area contributed by atoms with Crippen LogP contribution >= 0.6 is 0 Å². The average molecular weight is 320 g/mol. The minimum absolute atomic E-state index is 0.0108. The van der Waals surface area contributed by atoms with Gasteiger partial charge in [-0.25, -0.2) is 13.1 Å². The van der Waals surface area contributed by atoms with Crippen LogP contribution in [0.4, 0.5) is 11.6 Å². The molecule has 0 saturated carbocycles. The van der Waals surface area contributed by atoms with Crippen molar-refractivity contribution in [2.75, 3.05) is 38.1 Å². The third-order valence-electron chi connectivity index (χ3n) is 2.84. The van der Waals surface area contributed by atoms with Gasteiger partial charge in [0.1, 0.15) is 5.82 Å². The molecule has 0 atom stereocenters. The second-order valence-electron chi connectivity index (χ2n) is 5.70. The van der Waals surface area contributed by atoms with E-state index in [-0.39, 0.29) is 23.1 Å². The predicted molar refractivity (Wildman–Crippen MR) is 81.0 cm³/mol. The Balaban J connectivity index is 3.25. The molecule has 1 rings (SSSR count). The van der Waals surface area contributed by atoms with Gasteiger partial charge in [-0.3, -0.25) is 0 Å². The lowest BCUT2D eigenvalue weighted by Gasteiger charge is -2.20. The Labute approximate surface area is 125 Å². The van der Waals surface area contributed by atoms with Gasteiger partial charge in [-0.15, -0.1) is 0 Å². The molecule has 0 unspecified atom stereocenters. The number of hydrogen-bond acceptors (Lipinski definition) is 7. The van der Waals surface area contributed by atoms with Crippen LogP contribution in [0.1, 0.15) is 20.8 Å². The third-order valence-corrected chi connectivity index (χ3v) is 3.99. The fraction of sp³-hybridized carbons (Fsp3) is 0.750. The van der Waals surface area contributed by atoms with E-state index >= 15 is 0 Å². The number of sulfone groups is 1. The number of ether oxygens (including phenoxy) is 2. The molecule has 1 heterocycles. The highest BCUT2D eigenvalue weighted by Crippen LogP contribution is 2.31. The van der Waals surface area contributed by atoms with E-state index in [0.29, 0.717) is 0 Å². The Morgan fingerprint density at radius 3 is 2.24 bits per heavy atom. The maximum atomic E-state index is 12.0. The molecule has 0 aliphatic rings. The number of nitrogens with two attached hydrogens (primary N) is 1. The van der Waals surface area contributed by atoms with Gasteiger partial charge in [0.15, 0.2) is 26.8 Å². The van der Waals surface area contributed by atoms with Gasteiger partial charge in [0.25, 0.3) is 0 Å². The minimum atomic E-state index is -3.52. The first kappa shape index (κ1) is 17.7. The predicted octanol–water partition coefficient (Wildman–Crippen LogP) is 0.655. The summed E-state index contributed by atoms with van der Waals surface area (Å²) in [6.07, 6.45) is 0.585. The SMILES string of the molecule is COC(CNc1nn(C(C)(C)C)c(N)c1S(C)(=O)=O)OC. The molecule has 1 aromatic rings. The highest BCUT2D eigenvalue weighted by Gasteiger charge is 2.29. The van der Waals surface area contributed by atoms with Crippen LogP contribution in [0.3, 0.4) is 0 Å². The molecule has 0 aromatic carbocycles. The molecular formula is C12H24N4O4S. The smallest absolute Gasteiger partial charge is 0.182 e. The molecule has 122 valence electrons. The molecule has 0 fully saturated rings. The van der Waals surface area contributed by atoms with E-state index in [1.54, 1.807) is 0 Å². The number of methoxy groups -OCH3 is 2. The number of nitrogen functional groups attached to an aromatic ring is 1. The van der Waals surface area contributed by atoms with Gasteiger partial charge in [-0.1, -0.05) is 0 Å². The van der Waals surface area contributed by atoms with Gasteiger partial charge >= 0.3 is 0 Å². The largest absolute Gasteiger partial charge is 0.383 e. The molecule has 9 heteroatoms. The van der Waals surface area contributed by atoms with Crippen molar-refractivity contribution < 1.29 is 17.9 Å². The van der Waals surface area contributed by atoms with E-state index in [1.165, 1.54) is 18.9 Å². The molecule has 0 aliphatic heterocycles. The lowest BCUT2D eigenvalue weighted by molar-refractivity contribution is -0.0914. The van der Waals surface area contributed by atoms with Crippen LogP contribution in [0.2, 0.25) is 0 Å². The molecule has 0 bridgehead atoms. The molecule has 0 radical (unpaired) electrons. The molecule has 0 amide bonds. The molecule has 1 aromatic heterocycles. The highest BCUT2D eigenvalue weighted by molar-refractivity contribution is 7.91. The maximum Gasteiger partial charge on any atom is 0.182 e. The molecule has 0 aliphatic carbocycles. The topological polar surface area (TPSA) is 108 Å². The van der Waals surface area contributed by atoms with Gasteiger partial charge in [-0.05, 0) is 20.8 Å². The van der Waals surface area contributed by atoms with Crippen molar-refractivity contribution in [3.8, 4) is 0 Å². The zero-order valence-corrected chi connectivity index (χ0v) is 14.1. The van der Waals surface area contributed by atoms with Crippen molar-refractivity contribution in [3.05, 3.63) is 0 Å². The van der Waals surface area contributed by atoms with Gasteiger partial charge in [0.05, 0.1) is 12.1 Å². The lowest BCUT2D eigenvalue weighted by atomic mass is 10.1. The quantitative estimate of drug-likeness (QED) is 0.741. The molecule has 3 N–H and O–H groups in total. The standard InChI is InChI=1S/C12H24N4O4S/c1-12(2,3)16-10(13)9(21(6,17)18)11(15-16)14-7-8(19-4)20-5/h8H,7,13H2,1-6H3,(H,14,15). The average Bonchev–Trinajstić information content (AvgIpc) is 2.67. The van der Waals surface area contributed by atoms with Gasteiger partial charge in [-0.2, -0.15) is 5.10 Å². The number of aromatic nitrogens is 2. The van der Waals surface area contributed by atoms with Crippen molar-refractivity contribution in [2.24, 2.45) is 0 Å². The van der Waals surface area contributed by atoms with Crippen LogP contribution in [0.5, 0.6) is 0 Å². The van der Waals surface area contributed by atoms with Gasteiger partial charge < -0.3 is 20.5 Å². The Morgan fingerprint density at radius 2 is 1.86 bits per heavy atom. The summed E-state index contributed by atoms with van der Waals surface area (Å²) in [5.41, 5.74) is 5.53. The fourth-order valence-corrected chi connectivity index (χ4v) is 2.78. The Hall–Kier alpha value is -1.32. The summed E-state index contributed by atoms with van der Waals surface area (Å²) in [6, 6.07) is 0. The summed E-state index contributed by atoms with van der Waals surface area (Å²) in [4.78, 5) is -0.0108. The van der Waals surface area contributed by atoms with Gasteiger partial charge in [0, 0.05) is 20.5 Å². The van der Waals surface area contributed by atoms with Crippen LogP contribution < -0.4 is 11.1 Å². The molecule has 8 nitrogen and oxygen atoms in total. The first-order valence-electron chi connectivity index (χ1n) is 6.40. The Kier molecular flexibility index (Phi) is 5.24. The van der Waals surface area contributed by atoms with Crippen LogP contribution in [-0.4, -0.2) is 51.5 Å². The minimum Gasteiger partial charge on any atom is -0.383 e. The van der Waals surface area contributed by atoms with Crippen molar-refractivity contribution in [2.45, 2.75) is 37.5 Å². The molecule has 0 spiro atoms. The number of anilines is 2. The monoisotopic (exact) mass is 320 g/mol. The fourth-order valence-electron chi connectivity index (χ4n) is 1.85. The van der Waals surface area contributed by atoms with Crippen molar-refractivity contribution >= 4 is 21.5 Å². The van der Waals surface area contributed by atoms with Crippen LogP contribution in [0, 0.1) is 0 Å². The summed E-state index contributed by atoms with van der Waals surface area (Å²) in [7, 11) is -0.526. The number of nitrogens with zero attached hydrogens (tertiary/aromatic N) is 2. The van der Waals surface area contributed by atoms with E-state index in [4.69, 9.17) is 15.2 Å². The molecule has 0 saturated heterocycles. The van der Waals surface area contributed by atoms with Crippen LogP contribution in [0.25, 0.3) is 0 Å². The molecule has 21 heavy (non-hydrogen) atoms. The first-order valence-corrected chi connectivity index (χ1v) is 8.30. The maximum absolute atomic E-state index is 12.0. The van der Waals surface area contributed by atoms with E-state index in [1.807, 2.05) is 20.8 Å². The highest BCUT2D eigenvalue weighted by atomic mass is 32.2. The Bertz CT molecular complexity index is 585. The van der Waals surface area contributed by atoms with E-state index in [9.17, 15) is 8.42 Å². The number of rotatable bonds is 6. The van der Waals surface area contributed by atoms with E-state index in [0.717, 1.165) is 6.26 Å². The summed E-state index contributed by atoms with van der Waals surface area (Å²) < 4.78 is 35.5. The number of nitrogens with one attached hydrogen (secondary N) is 1. The lowest BCUT2D eigenvalue weighted by Crippen LogP contribution is -2.26. The third kappa shape index (κ3) is 4.08.